The average molecular weight is 254 g/mol. The molecule has 0 saturated heterocycles. The van der Waals surface area contributed by atoms with Gasteiger partial charge in [-0.1, -0.05) is 24.6 Å². The van der Waals surface area contributed by atoms with Gasteiger partial charge in [-0.3, -0.25) is 0 Å². The van der Waals surface area contributed by atoms with Crippen LogP contribution in [0.15, 0.2) is 12.1 Å². The van der Waals surface area contributed by atoms with Crippen LogP contribution in [0.4, 0.5) is 0 Å². The van der Waals surface area contributed by atoms with E-state index in [1.165, 1.54) is 18.4 Å². The zero-order valence-electron chi connectivity index (χ0n) is 10.3. The number of rotatable bonds is 6. The van der Waals surface area contributed by atoms with Gasteiger partial charge in [0.1, 0.15) is 5.75 Å². The summed E-state index contributed by atoms with van der Waals surface area (Å²) in [6.07, 6.45) is 4.39. The summed E-state index contributed by atoms with van der Waals surface area (Å²) in [5, 5.41) is 0.730. The molecule has 17 heavy (non-hydrogen) atoms. The van der Waals surface area contributed by atoms with Crippen LogP contribution in [0.25, 0.3) is 0 Å². The van der Waals surface area contributed by atoms with Crippen molar-refractivity contribution in [3.05, 3.63) is 28.3 Å². The fourth-order valence-electron chi connectivity index (χ4n) is 1.91. The number of aryl methyl sites for hydroxylation is 1. The first-order chi connectivity index (χ1) is 8.24. The van der Waals surface area contributed by atoms with E-state index < -0.39 is 0 Å². The molecule has 1 saturated carbocycles. The molecule has 0 unspecified atom stereocenters. The lowest BCUT2D eigenvalue weighted by atomic mass is 10.1. The third-order valence-corrected chi connectivity index (χ3v) is 3.44. The van der Waals surface area contributed by atoms with Gasteiger partial charge in [-0.05, 0) is 55.3 Å². The number of halogens is 1. The second kappa shape index (κ2) is 5.74. The lowest BCUT2D eigenvalue weighted by Crippen LogP contribution is -2.08. The molecule has 0 spiro atoms. The number of nitrogens with two attached hydrogens (primary N) is 1. The van der Waals surface area contributed by atoms with E-state index in [-0.39, 0.29) is 0 Å². The standard InChI is InChI=1S/C14H20ClNO/c1-2-10-7-12(5-6-16)14(13(15)8-10)17-9-11-3-4-11/h7-8,11H,2-6,9,16H2,1H3. The summed E-state index contributed by atoms with van der Waals surface area (Å²) < 4.78 is 5.86. The van der Waals surface area contributed by atoms with Crippen molar-refractivity contribution in [2.75, 3.05) is 13.2 Å². The third-order valence-electron chi connectivity index (χ3n) is 3.16. The Morgan fingerprint density at radius 1 is 1.41 bits per heavy atom. The SMILES string of the molecule is CCc1cc(Cl)c(OCC2CC2)c(CCN)c1. The lowest BCUT2D eigenvalue weighted by molar-refractivity contribution is 0.297. The molecule has 0 bridgehead atoms. The predicted molar refractivity (Wildman–Crippen MR) is 71.8 cm³/mol. The van der Waals surface area contributed by atoms with Crippen molar-refractivity contribution in [1.29, 1.82) is 0 Å². The average Bonchev–Trinajstić information content (AvgIpc) is 3.12. The highest BCUT2D eigenvalue weighted by Gasteiger charge is 2.23. The molecule has 1 aromatic carbocycles. The smallest absolute Gasteiger partial charge is 0.141 e. The topological polar surface area (TPSA) is 35.2 Å². The zero-order chi connectivity index (χ0) is 12.3. The summed E-state index contributed by atoms with van der Waals surface area (Å²) in [6, 6.07) is 4.17. The maximum Gasteiger partial charge on any atom is 0.141 e. The highest BCUT2D eigenvalue weighted by Crippen LogP contribution is 2.34. The van der Waals surface area contributed by atoms with Crippen LogP contribution in [0.3, 0.4) is 0 Å². The van der Waals surface area contributed by atoms with E-state index in [9.17, 15) is 0 Å². The van der Waals surface area contributed by atoms with E-state index in [1.807, 2.05) is 6.07 Å². The van der Waals surface area contributed by atoms with Gasteiger partial charge < -0.3 is 10.5 Å². The van der Waals surface area contributed by atoms with Gasteiger partial charge in [-0.15, -0.1) is 0 Å². The second-order valence-electron chi connectivity index (χ2n) is 4.71. The first kappa shape index (κ1) is 12.7. The third kappa shape index (κ3) is 3.36. The van der Waals surface area contributed by atoms with E-state index in [0.717, 1.165) is 41.7 Å². The Balaban J connectivity index is 2.19. The quantitative estimate of drug-likeness (QED) is 0.845. The molecular formula is C14H20ClNO. The Kier molecular flexibility index (Phi) is 4.30. The number of ether oxygens (including phenoxy) is 1. The van der Waals surface area contributed by atoms with Gasteiger partial charge in [-0.2, -0.15) is 0 Å². The molecule has 0 radical (unpaired) electrons. The van der Waals surface area contributed by atoms with Gasteiger partial charge in [0.2, 0.25) is 0 Å². The van der Waals surface area contributed by atoms with Crippen molar-refractivity contribution >= 4 is 11.6 Å². The largest absolute Gasteiger partial charge is 0.491 e. The van der Waals surface area contributed by atoms with E-state index >= 15 is 0 Å². The normalized spacial score (nSPS) is 15.0. The van der Waals surface area contributed by atoms with Gasteiger partial charge in [0.15, 0.2) is 0 Å². The molecule has 0 heterocycles. The van der Waals surface area contributed by atoms with Crippen molar-refractivity contribution < 1.29 is 4.74 Å². The Bertz CT molecular complexity index is 388. The van der Waals surface area contributed by atoms with Gasteiger partial charge in [0.25, 0.3) is 0 Å². The Morgan fingerprint density at radius 3 is 2.76 bits per heavy atom. The summed E-state index contributed by atoms with van der Waals surface area (Å²) in [4.78, 5) is 0. The Labute approximate surface area is 108 Å². The highest BCUT2D eigenvalue weighted by molar-refractivity contribution is 6.32. The molecule has 0 aliphatic heterocycles. The summed E-state index contributed by atoms with van der Waals surface area (Å²) in [7, 11) is 0. The van der Waals surface area contributed by atoms with Crippen LogP contribution in [0, 0.1) is 5.92 Å². The van der Waals surface area contributed by atoms with Crippen LogP contribution in [0.2, 0.25) is 5.02 Å². The molecule has 2 N–H and O–H groups in total. The molecule has 1 aliphatic carbocycles. The van der Waals surface area contributed by atoms with Crippen molar-refractivity contribution in [3.63, 3.8) is 0 Å². The molecule has 1 fully saturated rings. The van der Waals surface area contributed by atoms with Crippen LogP contribution in [0.1, 0.15) is 30.9 Å². The summed E-state index contributed by atoms with van der Waals surface area (Å²) in [5.41, 5.74) is 8.04. The van der Waals surface area contributed by atoms with Gasteiger partial charge in [-0.25, -0.2) is 0 Å². The molecule has 3 heteroatoms. The Morgan fingerprint density at radius 2 is 2.18 bits per heavy atom. The van der Waals surface area contributed by atoms with Crippen LogP contribution in [-0.2, 0) is 12.8 Å². The van der Waals surface area contributed by atoms with Crippen molar-refractivity contribution in [2.45, 2.75) is 32.6 Å². The van der Waals surface area contributed by atoms with Crippen LogP contribution < -0.4 is 10.5 Å². The van der Waals surface area contributed by atoms with Crippen molar-refractivity contribution in [1.82, 2.24) is 0 Å². The monoisotopic (exact) mass is 253 g/mol. The summed E-state index contributed by atoms with van der Waals surface area (Å²) in [5.74, 6) is 1.59. The minimum atomic E-state index is 0.628. The van der Waals surface area contributed by atoms with E-state index in [2.05, 4.69) is 13.0 Å². The zero-order valence-corrected chi connectivity index (χ0v) is 11.1. The summed E-state index contributed by atoms with van der Waals surface area (Å²) in [6.45, 7) is 3.55. The molecule has 1 aliphatic rings. The number of hydrogen-bond acceptors (Lipinski definition) is 2. The molecule has 2 nitrogen and oxygen atoms in total. The highest BCUT2D eigenvalue weighted by atomic mass is 35.5. The molecule has 2 rings (SSSR count). The Hall–Kier alpha value is -0.730. The lowest BCUT2D eigenvalue weighted by Gasteiger charge is -2.14. The van der Waals surface area contributed by atoms with Crippen molar-refractivity contribution in [2.24, 2.45) is 11.7 Å². The summed E-state index contributed by atoms with van der Waals surface area (Å²) >= 11 is 6.29. The first-order valence-corrected chi connectivity index (χ1v) is 6.76. The first-order valence-electron chi connectivity index (χ1n) is 6.38. The second-order valence-corrected chi connectivity index (χ2v) is 5.12. The van der Waals surface area contributed by atoms with Crippen LogP contribution in [0.5, 0.6) is 5.75 Å². The van der Waals surface area contributed by atoms with Gasteiger partial charge >= 0.3 is 0 Å². The number of hydrogen-bond donors (Lipinski definition) is 1. The molecular weight excluding hydrogens is 234 g/mol. The van der Waals surface area contributed by atoms with Gasteiger partial charge in [0, 0.05) is 0 Å². The molecule has 0 atom stereocenters. The van der Waals surface area contributed by atoms with Crippen LogP contribution >= 0.6 is 11.6 Å². The minimum Gasteiger partial charge on any atom is -0.491 e. The van der Waals surface area contributed by atoms with Crippen LogP contribution in [-0.4, -0.2) is 13.2 Å². The molecule has 0 aromatic heterocycles. The maximum atomic E-state index is 6.29. The van der Waals surface area contributed by atoms with Gasteiger partial charge in [0.05, 0.1) is 11.6 Å². The predicted octanol–water partition coefficient (Wildman–Crippen LogP) is 3.19. The molecule has 0 amide bonds. The molecule has 94 valence electrons. The fraction of sp³-hybridized carbons (Fsp3) is 0.571. The minimum absolute atomic E-state index is 0.628. The fourth-order valence-corrected chi connectivity index (χ4v) is 2.22. The van der Waals surface area contributed by atoms with E-state index in [4.69, 9.17) is 22.1 Å². The maximum absolute atomic E-state index is 6.29. The van der Waals surface area contributed by atoms with E-state index in [0.29, 0.717) is 6.54 Å². The number of benzene rings is 1. The van der Waals surface area contributed by atoms with Crippen molar-refractivity contribution in [3.8, 4) is 5.75 Å². The van der Waals surface area contributed by atoms with E-state index in [1.54, 1.807) is 0 Å². The molecule has 1 aromatic rings.